The van der Waals surface area contributed by atoms with Crippen molar-refractivity contribution in [2.75, 3.05) is 19.5 Å². The SMILES string of the molecule is COc1cc(N)cc(COCCc2scnc2C)c1. The Balaban J connectivity index is 1.82. The Bertz CT molecular complexity index is 540. The summed E-state index contributed by atoms with van der Waals surface area (Å²) < 4.78 is 10.8. The van der Waals surface area contributed by atoms with Crippen molar-refractivity contribution >= 4 is 17.0 Å². The smallest absolute Gasteiger partial charge is 0.121 e. The molecule has 0 aliphatic heterocycles. The van der Waals surface area contributed by atoms with Crippen molar-refractivity contribution < 1.29 is 9.47 Å². The van der Waals surface area contributed by atoms with Gasteiger partial charge in [-0.1, -0.05) is 0 Å². The molecule has 2 rings (SSSR count). The first-order valence-corrected chi connectivity index (χ1v) is 6.97. The van der Waals surface area contributed by atoms with E-state index in [2.05, 4.69) is 4.98 Å². The molecule has 19 heavy (non-hydrogen) atoms. The van der Waals surface area contributed by atoms with Gasteiger partial charge in [0.15, 0.2) is 0 Å². The van der Waals surface area contributed by atoms with Crippen LogP contribution in [0.2, 0.25) is 0 Å². The predicted octanol–water partition coefficient (Wildman–Crippen LogP) is 2.80. The number of anilines is 1. The molecule has 0 radical (unpaired) electrons. The van der Waals surface area contributed by atoms with Crippen LogP contribution in [0, 0.1) is 6.92 Å². The number of nitrogens with zero attached hydrogens (tertiary/aromatic N) is 1. The first kappa shape index (κ1) is 13.8. The molecular weight excluding hydrogens is 260 g/mol. The fraction of sp³-hybridized carbons (Fsp3) is 0.357. The van der Waals surface area contributed by atoms with Crippen molar-refractivity contribution in [2.45, 2.75) is 20.0 Å². The summed E-state index contributed by atoms with van der Waals surface area (Å²) in [5.41, 5.74) is 10.5. The van der Waals surface area contributed by atoms with Gasteiger partial charge in [0.05, 0.1) is 31.5 Å². The lowest BCUT2D eigenvalue weighted by Gasteiger charge is -2.07. The minimum Gasteiger partial charge on any atom is -0.497 e. The molecule has 0 bridgehead atoms. The maximum absolute atomic E-state index is 5.79. The van der Waals surface area contributed by atoms with Crippen molar-refractivity contribution in [2.24, 2.45) is 0 Å². The van der Waals surface area contributed by atoms with E-state index < -0.39 is 0 Å². The Morgan fingerprint density at radius 1 is 1.32 bits per heavy atom. The monoisotopic (exact) mass is 278 g/mol. The molecule has 102 valence electrons. The number of ether oxygens (including phenoxy) is 2. The van der Waals surface area contributed by atoms with Gasteiger partial charge in [-0.3, -0.25) is 0 Å². The molecule has 0 saturated heterocycles. The molecule has 2 N–H and O–H groups in total. The van der Waals surface area contributed by atoms with Crippen LogP contribution in [0.4, 0.5) is 5.69 Å². The molecule has 0 fully saturated rings. The largest absolute Gasteiger partial charge is 0.497 e. The zero-order valence-corrected chi connectivity index (χ0v) is 12.0. The quantitative estimate of drug-likeness (QED) is 0.652. The highest BCUT2D eigenvalue weighted by molar-refractivity contribution is 7.09. The Kier molecular flexibility index (Phi) is 4.76. The topological polar surface area (TPSA) is 57.4 Å². The van der Waals surface area contributed by atoms with E-state index in [1.54, 1.807) is 24.5 Å². The van der Waals surface area contributed by atoms with Gasteiger partial charge < -0.3 is 15.2 Å². The normalized spacial score (nSPS) is 10.6. The number of methoxy groups -OCH3 is 1. The summed E-state index contributed by atoms with van der Waals surface area (Å²) >= 11 is 1.67. The number of benzene rings is 1. The fourth-order valence-corrected chi connectivity index (χ4v) is 2.57. The molecule has 0 aliphatic rings. The van der Waals surface area contributed by atoms with Crippen LogP contribution in [0.3, 0.4) is 0 Å². The second-order valence-electron chi connectivity index (χ2n) is 4.28. The van der Waals surface area contributed by atoms with E-state index in [4.69, 9.17) is 15.2 Å². The first-order chi connectivity index (χ1) is 9.19. The molecule has 0 aliphatic carbocycles. The van der Waals surface area contributed by atoms with Gasteiger partial charge in [0.2, 0.25) is 0 Å². The number of hydrogen-bond acceptors (Lipinski definition) is 5. The highest BCUT2D eigenvalue weighted by Crippen LogP contribution is 2.19. The average molecular weight is 278 g/mol. The molecular formula is C14H18N2O2S. The van der Waals surface area contributed by atoms with E-state index >= 15 is 0 Å². The minimum absolute atomic E-state index is 0.541. The zero-order valence-electron chi connectivity index (χ0n) is 11.2. The van der Waals surface area contributed by atoms with E-state index in [9.17, 15) is 0 Å². The lowest BCUT2D eigenvalue weighted by atomic mass is 10.2. The van der Waals surface area contributed by atoms with Crippen LogP contribution in [0.25, 0.3) is 0 Å². The van der Waals surface area contributed by atoms with Crippen molar-refractivity contribution in [3.8, 4) is 5.75 Å². The molecule has 1 heterocycles. The molecule has 2 aromatic rings. The Hall–Kier alpha value is -1.59. The Morgan fingerprint density at radius 2 is 2.16 bits per heavy atom. The lowest BCUT2D eigenvalue weighted by Crippen LogP contribution is -2.00. The Morgan fingerprint density at radius 3 is 2.84 bits per heavy atom. The molecule has 0 saturated carbocycles. The van der Waals surface area contributed by atoms with Gasteiger partial charge in [-0.2, -0.15) is 0 Å². The minimum atomic E-state index is 0.541. The number of thiazole rings is 1. The number of aryl methyl sites for hydroxylation is 1. The number of nitrogens with two attached hydrogens (primary N) is 1. The van der Waals surface area contributed by atoms with Crippen LogP contribution < -0.4 is 10.5 Å². The van der Waals surface area contributed by atoms with Gasteiger partial charge in [0, 0.05) is 23.1 Å². The summed E-state index contributed by atoms with van der Waals surface area (Å²) in [4.78, 5) is 5.50. The summed E-state index contributed by atoms with van der Waals surface area (Å²) in [5.74, 6) is 0.761. The third-order valence-corrected chi connectivity index (χ3v) is 3.81. The van der Waals surface area contributed by atoms with Gasteiger partial charge >= 0.3 is 0 Å². The molecule has 5 heteroatoms. The molecule has 0 spiro atoms. The van der Waals surface area contributed by atoms with Gasteiger partial charge in [0.1, 0.15) is 5.75 Å². The van der Waals surface area contributed by atoms with Crippen molar-refractivity contribution in [1.29, 1.82) is 0 Å². The molecule has 4 nitrogen and oxygen atoms in total. The van der Waals surface area contributed by atoms with Crippen LogP contribution in [-0.4, -0.2) is 18.7 Å². The van der Waals surface area contributed by atoms with E-state index in [-0.39, 0.29) is 0 Å². The van der Waals surface area contributed by atoms with Crippen LogP contribution in [-0.2, 0) is 17.8 Å². The van der Waals surface area contributed by atoms with E-state index in [0.717, 1.165) is 23.4 Å². The summed E-state index contributed by atoms with van der Waals surface area (Å²) in [5, 5.41) is 0. The van der Waals surface area contributed by atoms with Crippen LogP contribution >= 0.6 is 11.3 Å². The second kappa shape index (κ2) is 6.54. The van der Waals surface area contributed by atoms with Crippen LogP contribution in [0.1, 0.15) is 16.1 Å². The summed E-state index contributed by atoms with van der Waals surface area (Å²) in [6.45, 7) is 3.24. The number of aromatic nitrogens is 1. The van der Waals surface area contributed by atoms with Crippen molar-refractivity contribution in [3.63, 3.8) is 0 Å². The van der Waals surface area contributed by atoms with Crippen molar-refractivity contribution in [1.82, 2.24) is 4.98 Å². The standard InChI is InChI=1S/C14H18N2O2S/c1-10-14(19-9-16-10)3-4-18-8-11-5-12(15)7-13(6-11)17-2/h5-7,9H,3-4,8,15H2,1-2H3. The first-order valence-electron chi connectivity index (χ1n) is 6.09. The van der Waals surface area contributed by atoms with Crippen molar-refractivity contribution in [3.05, 3.63) is 39.8 Å². The van der Waals surface area contributed by atoms with E-state index in [0.29, 0.717) is 18.9 Å². The Labute approximate surface area is 117 Å². The second-order valence-corrected chi connectivity index (χ2v) is 5.22. The highest BCUT2D eigenvalue weighted by Gasteiger charge is 2.02. The van der Waals surface area contributed by atoms with Crippen LogP contribution in [0.5, 0.6) is 5.75 Å². The summed E-state index contributed by atoms with van der Waals surface area (Å²) in [6, 6.07) is 5.64. The van der Waals surface area contributed by atoms with E-state index in [1.165, 1.54) is 4.88 Å². The number of hydrogen-bond donors (Lipinski definition) is 1. The van der Waals surface area contributed by atoms with Crippen LogP contribution in [0.15, 0.2) is 23.7 Å². The highest BCUT2D eigenvalue weighted by atomic mass is 32.1. The lowest BCUT2D eigenvalue weighted by molar-refractivity contribution is 0.124. The van der Waals surface area contributed by atoms with Gasteiger partial charge in [-0.25, -0.2) is 4.98 Å². The number of nitrogen functional groups attached to an aromatic ring is 1. The van der Waals surface area contributed by atoms with Gasteiger partial charge in [-0.15, -0.1) is 11.3 Å². The maximum atomic E-state index is 5.79. The average Bonchev–Trinajstić information content (AvgIpc) is 2.80. The number of rotatable bonds is 6. The van der Waals surface area contributed by atoms with Gasteiger partial charge in [0.25, 0.3) is 0 Å². The fourth-order valence-electron chi connectivity index (χ4n) is 1.81. The predicted molar refractivity (Wildman–Crippen MR) is 77.6 cm³/mol. The molecule has 1 aromatic carbocycles. The zero-order chi connectivity index (χ0) is 13.7. The molecule has 0 unspecified atom stereocenters. The summed E-state index contributed by atoms with van der Waals surface area (Å²) in [6.07, 6.45) is 0.899. The third kappa shape index (κ3) is 3.94. The molecule has 0 atom stereocenters. The van der Waals surface area contributed by atoms with E-state index in [1.807, 2.05) is 24.6 Å². The summed E-state index contributed by atoms with van der Waals surface area (Å²) in [7, 11) is 1.63. The maximum Gasteiger partial charge on any atom is 0.121 e. The third-order valence-electron chi connectivity index (χ3n) is 2.81. The van der Waals surface area contributed by atoms with Gasteiger partial charge in [-0.05, 0) is 24.6 Å². The molecule has 1 aromatic heterocycles. The molecule has 0 amide bonds.